The average Bonchev–Trinajstić information content (AvgIpc) is 3.06. The van der Waals surface area contributed by atoms with Crippen molar-refractivity contribution in [2.24, 2.45) is 0 Å². The number of methoxy groups -OCH3 is 1. The Balaban J connectivity index is 2.08. The molecule has 0 spiro atoms. The van der Waals surface area contributed by atoms with E-state index in [2.05, 4.69) is 46.9 Å². The Kier molecular flexibility index (Phi) is 7.52. The van der Waals surface area contributed by atoms with E-state index in [1.807, 2.05) is 19.2 Å². The molecule has 25 heavy (non-hydrogen) atoms. The number of amides is 1. The van der Waals surface area contributed by atoms with Gasteiger partial charge in [-0.05, 0) is 30.9 Å². The molecule has 1 atom stereocenters. The van der Waals surface area contributed by atoms with Gasteiger partial charge in [0.15, 0.2) is 5.16 Å². The van der Waals surface area contributed by atoms with E-state index in [0.29, 0.717) is 19.1 Å². The maximum Gasteiger partial charge on any atom is 0.233 e. The second-order valence-electron chi connectivity index (χ2n) is 6.19. The smallest absolute Gasteiger partial charge is 0.233 e. The number of ether oxygens (including phenoxy) is 1. The molecule has 0 aliphatic carbocycles. The van der Waals surface area contributed by atoms with Gasteiger partial charge in [0.05, 0.1) is 10.9 Å². The highest BCUT2D eigenvalue weighted by Crippen LogP contribution is 2.29. The average molecular weight is 362 g/mol. The van der Waals surface area contributed by atoms with Crippen molar-refractivity contribution in [2.45, 2.75) is 43.5 Å². The lowest BCUT2D eigenvalue weighted by Crippen LogP contribution is -2.32. The number of rotatable bonds is 9. The number of carbonyl (C=O) groups is 1. The van der Waals surface area contributed by atoms with Crippen LogP contribution >= 0.6 is 11.8 Å². The summed E-state index contributed by atoms with van der Waals surface area (Å²) >= 11 is 1.47. The number of hydrogen-bond acceptors (Lipinski definition) is 4. The van der Waals surface area contributed by atoms with Crippen molar-refractivity contribution in [1.82, 2.24) is 14.9 Å². The summed E-state index contributed by atoms with van der Waals surface area (Å²) in [6.45, 7) is 7.54. The molecular weight excluding hydrogens is 334 g/mol. The van der Waals surface area contributed by atoms with E-state index >= 15 is 0 Å². The molecule has 1 N–H and O–H groups in total. The molecule has 136 valence electrons. The van der Waals surface area contributed by atoms with Crippen molar-refractivity contribution in [3.8, 4) is 5.69 Å². The normalized spacial score (nSPS) is 12.4. The minimum atomic E-state index is -0.213. The molecule has 0 aliphatic rings. The van der Waals surface area contributed by atoms with E-state index in [0.717, 1.165) is 17.3 Å². The van der Waals surface area contributed by atoms with Crippen LogP contribution in [-0.4, -0.2) is 41.0 Å². The number of thioether (sulfide) groups is 1. The Morgan fingerprint density at radius 1 is 1.32 bits per heavy atom. The molecule has 0 aliphatic heterocycles. The lowest BCUT2D eigenvalue weighted by Gasteiger charge is -2.17. The molecule has 2 rings (SSSR count). The number of hydrogen-bond donors (Lipinski definition) is 1. The molecule has 5 nitrogen and oxygen atoms in total. The van der Waals surface area contributed by atoms with Crippen LogP contribution in [0.25, 0.3) is 5.69 Å². The van der Waals surface area contributed by atoms with Gasteiger partial charge in [0, 0.05) is 32.7 Å². The predicted molar refractivity (Wildman–Crippen MR) is 102 cm³/mol. The number of carbonyl (C=O) groups excluding carboxylic acids is 1. The van der Waals surface area contributed by atoms with Gasteiger partial charge in [0.2, 0.25) is 5.91 Å². The molecule has 0 fully saturated rings. The summed E-state index contributed by atoms with van der Waals surface area (Å²) in [6, 6.07) is 8.32. The van der Waals surface area contributed by atoms with Crippen molar-refractivity contribution in [1.29, 1.82) is 0 Å². The highest BCUT2D eigenvalue weighted by atomic mass is 32.2. The minimum Gasteiger partial charge on any atom is -0.385 e. The van der Waals surface area contributed by atoms with Gasteiger partial charge in [-0.25, -0.2) is 4.98 Å². The Bertz CT molecular complexity index is 685. The van der Waals surface area contributed by atoms with Gasteiger partial charge in [-0.2, -0.15) is 0 Å². The van der Waals surface area contributed by atoms with Gasteiger partial charge in [-0.1, -0.05) is 43.8 Å². The Morgan fingerprint density at radius 3 is 2.80 bits per heavy atom. The molecule has 1 aromatic carbocycles. The largest absolute Gasteiger partial charge is 0.385 e. The van der Waals surface area contributed by atoms with Crippen LogP contribution in [0.2, 0.25) is 0 Å². The molecule has 1 heterocycles. The topological polar surface area (TPSA) is 56.1 Å². The van der Waals surface area contributed by atoms with Crippen LogP contribution in [0.3, 0.4) is 0 Å². The Morgan fingerprint density at radius 2 is 2.08 bits per heavy atom. The molecule has 1 aromatic heterocycles. The van der Waals surface area contributed by atoms with Crippen LogP contribution in [0.4, 0.5) is 0 Å². The van der Waals surface area contributed by atoms with Crippen LogP contribution in [0.5, 0.6) is 0 Å². The molecule has 1 amide bonds. The first-order valence-corrected chi connectivity index (χ1v) is 9.48. The standard InChI is InChI=1S/C19H27N3O2S/c1-14(2)16-8-5-6-9-17(16)22-12-11-21-19(22)25-15(3)18(23)20-10-7-13-24-4/h5-6,8-9,11-12,14-15H,7,10,13H2,1-4H3,(H,20,23). The summed E-state index contributed by atoms with van der Waals surface area (Å²) < 4.78 is 7.06. The maximum atomic E-state index is 12.2. The molecule has 0 radical (unpaired) electrons. The number of aromatic nitrogens is 2. The monoisotopic (exact) mass is 361 g/mol. The number of benzene rings is 1. The molecule has 0 saturated heterocycles. The summed E-state index contributed by atoms with van der Waals surface area (Å²) in [4.78, 5) is 16.7. The van der Waals surface area contributed by atoms with Crippen molar-refractivity contribution in [3.05, 3.63) is 42.2 Å². The summed E-state index contributed by atoms with van der Waals surface area (Å²) in [5.74, 6) is 0.436. The van der Waals surface area contributed by atoms with E-state index in [9.17, 15) is 4.79 Å². The van der Waals surface area contributed by atoms with Gasteiger partial charge >= 0.3 is 0 Å². The van der Waals surface area contributed by atoms with Crippen LogP contribution in [0.1, 0.15) is 38.7 Å². The third-order valence-corrected chi connectivity index (χ3v) is 4.98. The molecule has 1 unspecified atom stereocenters. The number of imidazole rings is 1. The second-order valence-corrected chi connectivity index (χ2v) is 7.50. The van der Waals surface area contributed by atoms with E-state index in [-0.39, 0.29) is 11.2 Å². The van der Waals surface area contributed by atoms with Crippen LogP contribution in [0.15, 0.2) is 41.8 Å². The molecular formula is C19H27N3O2S. The maximum absolute atomic E-state index is 12.2. The van der Waals surface area contributed by atoms with Crippen molar-refractivity contribution < 1.29 is 9.53 Å². The van der Waals surface area contributed by atoms with Crippen molar-refractivity contribution in [3.63, 3.8) is 0 Å². The quantitative estimate of drug-likeness (QED) is 0.547. The predicted octanol–water partition coefficient (Wildman–Crippen LogP) is 3.63. The summed E-state index contributed by atoms with van der Waals surface area (Å²) in [5, 5.41) is 3.56. The first kappa shape index (κ1) is 19.5. The Labute approximate surface area is 154 Å². The fourth-order valence-corrected chi connectivity index (χ4v) is 3.44. The lowest BCUT2D eigenvalue weighted by molar-refractivity contribution is -0.120. The fourth-order valence-electron chi connectivity index (χ4n) is 2.54. The number of nitrogens with zero attached hydrogens (tertiary/aromatic N) is 2. The zero-order chi connectivity index (χ0) is 18.2. The van der Waals surface area contributed by atoms with Crippen LogP contribution in [-0.2, 0) is 9.53 Å². The molecule has 6 heteroatoms. The Hall–Kier alpha value is -1.79. The lowest BCUT2D eigenvalue weighted by atomic mass is 10.0. The van der Waals surface area contributed by atoms with Crippen LogP contribution < -0.4 is 5.32 Å². The van der Waals surface area contributed by atoms with Gasteiger partial charge in [-0.15, -0.1) is 0 Å². The van der Waals surface area contributed by atoms with Crippen LogP contribution in [0, 0.1) is 0 Å². The van der Waals surface area contributed by atoms with Gasteiger partial charge in [0.25, 0.3) is 0 Å². The first-order valence-electron chi connectivity index (χ1n) is 8.60. The van der Waals surface area contributed by atoms with E-state index in [1.165, 1.54) is 17.3 Å². The highest BCUT2D eigenvalue weighted by Gasteiger charge is 2.18. The SMILES string of the molecule is COCCCNC(=O)C(C)Sc1nccn1-c1ccccc1C(C)C. The van der Waals surface area contributed by atoms with Gasteiger partial charge in [0.1, 0.15) is 0 Å². The van der Waals surface area contributed by atoms with Crippen molar-refractivity contribution in [2.75, 3.05) is 20.3 Å². The van der Waals surface area contributed by atoms with Crippen molar-refractivity contribution >= 4 is 17.7 Å². The molecule has 2 aromatic rings. The first-order chi connectivity index (χ1) is 12.0. The molecule has 0 saturated carbocycles. The summed E-state index contributed by atoms with van der Waals surface area (Å²) in [7, 11) is 1.66. The number of nitrogens with one attached hydrogen (secondary N) is 1. The van der Waals surface area contributed by atoms with E-state index in [1.54, 1.807) is 13.3 Å². The van der Waals surface area contributed by atoms with Gasteiger partial charge in [-0.3, -0.25) is 9.36 Å². The summed E-state index contributed by atoms with van der Waals surface area (Å²) in [6.07, 6.45) is 4.55. The molecule has 0 bridgehead atoms. The minimum absolute atomic E-state index is 0.0211. The zero-order valence-corrected chi connectivity index (χ0v) is 16.2. The van der Waals surface area contributed by atoms with E-state index in [4.69, 9.17) is 4.74 Å². The zero-order valence-electron chi connectivity index (χ0n) is 15.4. The number of para-hydroxylation sites is 1. The van der Waals surface area contributed by atoms with Gasteiger partial charge < -0.3 is 10.1 Å². The van der Waals surface area contributed by atoms with E-state index < -0.39 is 0 Å². The highest BCUT2D eigenvalue weighted by molar-refractivity contribution is 8.00. The summed E-state index contributed by atoms with van der Waals surface area (Å²) in [5.41, 5.74) is 2.38. The fraction of sp³-hybridized carbons (Fsp3) is 0.474. The third-order valence-electron chi connectivity index (χ3n) is 3.90. The second kappa shape index (κ2) is 9.63. The third kappa shape index (κ3) is 5.34.